The molecule has 0 radical (unpaired) electrons. The van der Waals surface area contributed by atoms with Crippen LogP contribution < -0.4 is 9.47 Å². The van der Waals surface area contributed by atoms with Gasteiger partial charge in [-0.1, -0.05) is 33.8 Å². The minimum Gasteiger partial charge on any atom is -0.497 e. The van der Waals surface area contributed by atoms with Crippen LogP contribution in [0.3, 0.4) is 0 Å². The normalized spacial score (nSPS) is 7.67. The van der Waals surface area contributed by atoms with E-state index in [1.807, 2.05) is 52.8 Å². The van der Waals surface area contributed by atoms with Crippen molar-refractivity contribution in [2.45, 2.75) is 34.6 Å². The van der Waals surface area contributed by atoms with E-state index in [4.69, 9.17) is 9.47 Å². The van der Waals surface area contributed by atoms with Crippen LogP contribution in [0.5, 0.6) is 11.5 Å². The Bertz CT molecular complexity index is 244. The van der Waals surface area contributed by atoms with Gasteiger partial charge in [0.15, 0.2) is 0 Å². The molecule has 0 bridgehead atoms. The van der Waals surface area contributed by atoms with Gasteiger partial charge in [0.25, 0.3) is 0 Å². The molecule has 15 heavy (non-hydrogen) atoms. The third-order valence-electron chi connectivity index (χ3n) is 1.62. The van der Waals surface area contributed by atoms with Crippen molar-refractivity contribution in [2.24, 2.45) is 0 Å². The van der Waals surface area contributed by atoms with Crippen molar-refractivity contribution in [3.8, 4) is 11.5 Å². The van der Waals surface area contributed by atoms with Crippen molar-refractivity contribution < 1.29 is 9.47 Å². The van der Waals surface area contributed by atoms with Crippen molar-refractivity contribution in [2.75, 3.05) is 14.2 Å². The van der Waals surface area contributed by atoms with E-state index >= 15 is 0 Å². The number of hydrogen-bond donors (Lipinski definition) is 0. The van der Waals surface area contributed by atoms with E-state index in [0.717, 1.165) is 17.1 Å². The molecule has 0 saturated heterocycles. The van der Waals surface area contributed by atoms with Gasteiger partial charge in [0, 0.05) is 6.07 Å². The van der Waals surface area contributed by atoms with Crippen LogP contribution in [-0.4, -0.2) is 14.2 Å². The molecule has 0 aliphatic rings. The van der Waals surface area contributed by atoms with E-state index in [9.17, 15) is 0 Å². The van der Waals surface area contributed by atoms with E-state index in [2.05, 4.69) is 0 Å². The summed E-state index contributed by atoms with van der Waals surface area (Å²) < 4.78 is 10.1. The topological polar surface area (TPSA) is 18.5 Å². The lowest BCUT2D eigenvalue weighted by atomic mass is 10.2. The molecule has 0 fully saturated rings. The average Bonchev–Trinajstić information content (AvgIpc) is 2.35. The summed E-state index contributed by atoms with van der Waals surface area (Å²) in [6.45, 7) is 10.00. The Kier molecular flexibility index (Phi) is 11.8. The molecular formula is C13H24O2. The maximum absolute atomic E-state index is 5.11. The summed E-state index contributed by atoms with van der Waals surface area (Å²) in [5.41, 5.74) is 1.12. The van der Waals surface area contributed by atoms with Crippen LogP contribution in [0, 0.1) is 6.92 Å². The molecule has 88 valence electrons. The molecule has 1 rings (SSSR count). The van der Waals surface area contributed by atoms with Crippen LogP contribution in [0.1, 0.15) is 33.3 Å². The Labute approximate surface area is 94.2 Å². The summed E-state index contributed by atoms with van der Waals surface area (Å²) in [6, 6.07) is 5.75. The van der Waals surface area contributed by atoms with Crippen LogP contribution in [0.25, 0.3) is 0 Å². The third-order valence-corrected chi connectivity index (χ3v) is 1.62. The first-order valence-corrected chi connectivity index (χ1v) is 5.46. The zero-order valence-electron chi connectivity index (χ0n) is 11.0. The lowest BCUT2D eigenvalue weighted by Gasteiger charge is -2.05. The fraction of sp³-hybridized carbons (Fsp3) is 0.538. The second kappa shape index (κ2) is 10.9. The lowest BCUT2D eigenvalue weighted by molar-refractivity contribution is 0.392. The van der Waals surface area contributed by atoms with Gasteiger partial charge >= 0.3 is 0 Å². The maximum Gasteiger partial charge on any atom is 0.125 e. The second-order valence-electron chi connectivity index (χ2n) is 2.34. The molecule has 0 N–H and O–H groups in total. The van der Waals surface area contributed by atoms with Crippen LogP contribution in [0.4, 0.5) is 0 Å². The van der Waals surface area contributed by atoms with Gasteiger partial charge in [0.05, 0.1) is 14.2 Å². The molecule has 0 aromatic heterocycles. The first-order valence-electron chi connectivity index (χ1n) is 5.46. The highest BCUT2D eigenvalue weighted by atomic mass is 16.5. The molecule has 0 saturated carbocycles. The molecule has 2 heteroatoms. The summed E-state index contributed by atoms with van der Waals surface area (Å²) in [6.07, 6.45) is 0. The summed E-state index contributed by atoms with van der Waals surface area (Å²) >= 11 is 0. The molecule has 0 aliphatic carbocycles. The van der Waals surface area contributed by atoms with Crippen molar-refractivity contribution in [3.05, 3.63) is 23.8 Å². The Morgan fingerprint density at radius 2 is 1.40 bits per heavy atom. The highest BCUT2D eigenvalue weighted by Crippen LogP contribution is 2.22. The Balaban J connectivity index is 0. The van der Waals surface area contributed by atoms with Crippen LogP contribution in [-0.2, 0) is 0 Å². The first kappa shape index (κ1) is 16.3. The predicted molar refractivity (Wildman–Crippen MR) is 67.0 cm³/mol. The fourth-order valence-electron chi connectivity index (χ4n) is 0.927. The molecule has 0 heterocycles. The quantitative estimate of drug-likeness (QED) is 0.736. The lowest BCUT2D eigenvalue weighted by Crippen LogP contribution is -1.88. The van der Waals surface area contributed by atoms with Gasteiger partial charge in [0.1, 0.15) is 11.5 Å². The summed E-state index contributed by atoms with van der Waals surface area (Å²) in [5, 5.41) is 0. The standard InChI is InChI=1S/C9H12O2.2C2H6/c1-7-4-5-8(10-2)6-9(7)11-3;2*1-2/h4-6H,1-3H3;2*1-2H3. The van der Waals surface area contributed by atoms with Gasteiger partial charge in [-0.25, -0.2) is 0 Å². The summed E-state index contributed by atoms with van der Waals surface area (Å²) in [7, 11) is 3.30. The molecule has 0 unspecified atom stereocenters. The minimum atomic E-state index is 0.826. The zero-order chi connectivity index (χ0) is 12.3. The molecule has 1 aromatic rings. The summed E-state index contributed by atoms with van der Waals surface area (Å²) in [4.78, 5) is 0. The number of benzene rings is 1. The third kappa shape index (κ3) is 6.00. The molecular weight excluding hydrogens is 188 g/mol. The van der Waals surface area contributed by atoms with Gasteiger partial charge in [-0.05, 0) is 18.6 Å². The molecule has 0 spiro atoms. The van der Waals surface area contributed by atoms with Crippen molar-refractivity contribution in [1.82, 2.24) is 0 Å². The number of ether oxygens (including phenoxy) is 2. The predicted octanol–water partition coefficient (Wildman–Crippen LogP) is 4.06. The molecule has 0 atom stereocenters. The Morgan fingerprint density at radius 1 is 0.867 bits per heavy atom. The maximum atomic E-state index is 5.11. The zero-order valence-corrected chi connectivity index (χ0v) is 11.0. The highest BCUT2D eigenvalue weighted by molar-refractivity contribution is 5.39. The van der Waals surface area contributed by atoms with Crippen LogP contribution in [0.15, 0.2) is 18.2 Å². The van der Waals surface area contributed by atoms with E-state index in [0.29, 0.717) is 0 Å². The first-order chi connectivity index (χ1) is 7.27. The van der Waals surface area contributed by atoms with Gasteiger partial charge in [-0.3, -0.25) is 0 Å². The van der Waals surface area contributed by atoms with Gasteiger partial charge in [-0.2, -0.15) is 0 Å². The number of methoxy groups -OCH3 is 2. The number of hydrogen-bond acceptors (Lipinski definition) is 2. The number of aryl methyl sites for hydroxylation is 1. The monoisotopic (exact) mass is 212 g/mol. The largest absolute Gasteiger partial charge is 0.497 e. The molecule has 0 aliphatic heterocycles. The molecule has 1 aromatic carbocycles. The number of rotatable bonds is 2. The van der Waals surface area contributed by atoms with Crippen molar-refractivity contribution >= 4 is 0 Å². The molecule has 2 nitrogen and oxygen atoms in total. The van der Waals surface area contributed by atoms with Crippen LogP contribution in [0.2, 0.25) is 0 Å². The Hall–Kier alpha value is -1.18. The minimum absolute atomic E-state index is 0.826. The summed E-state index contributed by atoms with van der Waals surface area (Å²) in [5.74, 6) is 1.69. The fourth-order valence-corrected chi connectivity index (χ4v) is 0.927. The van der Waals surface area contributed by atoms with Gasteiger partial charge < -0.3 is 9.47 Å². The van der Waals surface area contributed by atoms with E-state index in [1.165, 1.54) is 0 Å². The molecule has 0 amide bonds. The van der Waals surface area contributed by atoms with Crippen LogP contribution >= 0.6 is 0 Å². The average molecular weight is 212 g/mol. The van der Waals surface area contributed by atoms with Gasteiger partial charge in [0.2, 0.25) is 0 Å². The highest BCUT2D eigenvalue weighted by Gasteiger charge is 1.98. The Morgan fingerprint density at radius 3 is 1.80 bits per heavy atom. The van der Waals surface area contributed by atoms with E-state index < -0.39 is 0 Å². The van der Waals surface area contributed by atoms with E-state index in [1.54, 1.807) is 14.2 Å². The van der Waals surface area contributed by atoms with E-state index in [-0.39, 0.29) is 0 Å². The van der Waals surface area contributed by atoms with Gasteiger partial charge in [-0.15, -0.1) is 0 Å². The SMILES string of the molecule is CC.CC.COc1ccc(C)c(OC)c1. The van der Waals surface area contributed by atoms with Crippen molar-refractivity contribution in [1.29, 1.82) is 0 Å². The second-order valence-corrected chi connectivity index (χ2v) is 2.34. The smallest absolute Gasteiger partial charge is 0.125 e. The van der Waals surface area contributed by atoms with Crippen molar-refractivity contribution in [3.63, 3.8) is 0 Å².